The van der Waals surface area contributed by atoms with Gasteiger partial charge in [-0.3, -0.25) is 0 Å². The predicted molar refractivity (Wildman–Crippen MR) is 59.4 cm³/mol. The average molecular weight is 215 g/mol. The van der Waals surface area contributed by atoms with Crippen molar-refractivity contribution in [3.8, 4) is 22.8 Å². The zero-order chi connectivity index (χ0) is 11.4. The summed E-state index contributed by atoms with van der Waals surface area (Å²) < 4.78 is 10.4. The topological polar surface area (TPSA) is 44.2 Å². The molecule has 0 amide bonds. The third-order valence-corrected chi connectivity index (χ3v) is 2.18. The van der Waals surface area contributed by atoms with E-state index in [1.807, 2.05) is 24.3 Å². The number of aromatic nitrogens is 2. The number of nitrogens with zero attached hydrogens (tertiary/aromatic N) is 2. The zero-order valence-electron chi connectivity index (χ0n) is 9.10. The second-order valence-corrected chi connectivity index (χ2v) is 3.14. The van der Waals surface area contributed by atoms with E-state index in [0.717, 1.165) is 22.8 Å². The molecule has 0 spiro atoms. The van der Waals surface area contributed by atoms with Crippen LogP contribution in [0.2, 0.25) is 0 Å². The predicted octanol–water partition coefficient (Wildman–Crippen LogP) is 1.96. The molecular weight excluding hydrogens is 204 g/mol. The summed E-state index contributed by atoms with van der Waals surface area (Å²) >= 11 is 0. The van der Waals surface area contributed by atoms with Crippen molar-refractivity contribution in [2.45, 2.75) is 0 Å². The standard InChI is InChI=1S/C12H11N2O2/c1-15-10-5-9(6-11(7-10)16-2)12-3-4-13-8-14-12/h3-7H,1-2H3. The Balaban J connectivity index is 2.48. The van der Waals surface area contributed by atoms with Crippen LogP contribution in [0.5, 0.6) is 11.5 Å². The van der Waals surface area contributed by atoms with E-state index in [1.165, 1.54) is 0 Å². The second kappa shape index (κ2) is 4.61. The second-order valence-electron chi connectivity index (χ2n) is 3.14. The van der Waals surface area contributed by atoms with E-state index in [2.05, 4.69) is 16.3 Å². The van der Waals surface area contributed by atoms with Gasteiger partial charge in [-0.2, -0.15) is 0 Å². The fraction of sp³-hybridized carbons (Fsp3) is 0.167. The molecule has 4 heteroatoms. The van der Waals surface area contributed by atoms with Gasteiger partial charge in [-0.25, -0.2) is 9.97 Å². The zero-order valence-corrected chi connectivity index (χ0v) is 9.10. The normalized spacial score (nSPS) is 9.88. The van der Waals surface area contributed by atoms with E-state index in [1.54, 1.807) is 20.4 Å². The number of rotatable bonds is 3. The lowest BCUT2D eigenvalue weighted by Gasteiger charge is -2.07. The quantitative estimate of drug-likeness (QED) is 0.785. The van der Waals surface area contributed by atoms with Crippen LogP contribution in [-0.4, -0.2) is 24.2 Å². The lowest BCUT2D eigenvalue weighted by Crippen LogP contribution is -1.90. The Bertz CT molecular complexity index is 449. The van der Waals surface area contributed by atoms with Gasteiger partial charge in [0.15, 0.2) is 6.33 Å². The molecule has 1 aromatic heterocycles. The van der Waals surface area contributed by atoms with Crippen molar-refractivity contribution in [1.82, 2.24) is 9.97 Å². The largest absolute Gasteiger partial charge is 0.497 e. The number of hydrogen-bond acceptors (Lipinski definition) is 4. The van der Waals surface area contributed by atoms with Crippen LogP contribution < -0.4 is 9.47 Å². The van der Waals surface area contributed by atoms with E-state index < -0.39 is 0 Å². The van der Waals surface area contributed by atoms with Gasteiger partial charge in [0, 0.05) is 17.8 Å². The van der Waals surface area contributed by atoms with Crippen molar-refractivity contribution < 1.29 is 9.47 Å². The average Bonchev–Trinajstić information content (AvgIpc) is 2.39. The summed E-state index contributed by atoms with van der Waals surface area (Å²) in [5.74, 6) is 1.46. The van der Waals surface area contributed by atoms with Gasteiger partial charge in [0.05, 0.1) is 19.9 Å². The Morgan fingerprint density at radius 3 is 2.25 bits per heavy atom. The minimum atomic E-state index is 0.730. The highest BCUT2D eigenvalue weighted by Gasteiger charge is 2.04. The first kappa shape index (κ1) is 10.4. The molecule has 0 fully saturated rings. The lowest BCUT2D eigenvalue weighted by atomic mass is 10.1. The summed E-state index contributed by atoms with van der Waals surface area (Å²) in [6.45, 7) is 0. The van der Waals surface area contributed by atoms with Gasteiger partial charge < -0.3 is 9.47 Å². The van der Waals surface area contributed by atoms with Crippen LogP contribution in [0.25, 0.3) is 11.3 Å². The highest BCUT2D eigenvalue weighted by Crippen LogP contribution is 2.28. The molecule has 0 unspecified atom stereocenters. The molecule has 1 radical (unpaired) electrons. The summed E-state index contributed by atoms with van der Waals surface area (Å²) in [5, 5.41) is 0. The van der Waals surface area contributed by atoms with Gasteiger partial charge in [-0.1, -0.05) is 0 Å². The van der Waals surface area contributed by atoms with Crippen molar-refractivity contribution in [3.63, 3.8) is 0 Å². The molecule has 2 aromatic rings. The molecule has 1 heterocycles. The maximum atomic E-state index is 5.19. The molecule has 0 aliphatic heterocycles. The van der Waals surface area contributed by atoms with Crippen LogP contribution in [0.1, 0.15) is 0 Å². The summed E-state index contributed by atoms with van der Waals surface area (Å²) in [5.41, 5.74) is 1.70. The SMILES string of the molecule is COc1cc(OC)cc(-c2ccn[c]n2)c1. The molecule has 1 aromatic carbocycles. The molecule has 81 valence electrons. The number of hydrogen-bond donors (Lipinski definition) is 0. The lowest BCUT2D eigenvalue weighted by molar-refractivity contribution is 0.394. The first-order valence-electron chi connectivity index (χ1n) is 4.76. The smallest absolute Gasteiger partial charge is 0.198 e. The summed E-state index contributed by atoms with van der Waals surface area (Å²) in [6.07, 6.45) is 4.20. The maximum Gasteiger partial charge on any atom is 0.198 e. The summed E-state index contributed by atoms with van der Waals surface area (Å²) in [7, 11) is 3.23. The molecule has 0 aliphatic carbocycles. The molecule has 16 heavy (non-hydrogen) atoms. The molecule has 0 N–H and O–H groups in total. The van der Waals surface area contributed by atoms with Crippen molar-refractivity contribution in [1.29, 1.82) is 0 Å². The maximum absolute atomic E-state index is 5.19. The molecule has 0 aliphatic rings. The number of methoxy groups -OCH3 is 2. The molecule has 2 rings (SSSR count). The van der Waals surface area contributed by atoms with Gasteiger partial charge in [-0.15, -0.1) is 0 Å². The van der Waals surface area contributed by atoms with Crippen LogP contribution in [0.15, 0.2) is 30.5 Å². The van der Waals surface area contributed by atoms with Crippen LogP contribution >= 0.6 is 0 Å². The van der Waals surface area contributed by atoms with E-state index in [4.69, 9.17) is 9.47 Å². The van der Waals surface area contributed by atoms with Crippen molar-refractivity contribution in [2.75, 3.05) is 14.2 Å². The molecular formula is C12H11N2O2. The summed E-state index contributed by atoms with van der Waals surface area (Å²) in [6, 6.07) is 7.40. The third kappa shape index (κ3) is 2.11. The third-order valence-electron chi connectivity index (χ3n) is 2.18. The molecule has 4 nitrogen and oxygen atoms in total. The molecule has 0 atom stereocenters. The fourth-order valence-corrected chi connectivity index (χ4v) is 1.38. The highest BCUT2D eigenvalue weighted by atomic mass is 16.5. The van der Waals surface area contributed by atoms with Crippen molar-refractivity contribution in [2.24, 2.45) is 0 Å². The number of ether oxygens (including phenoxy) is 2. The van der Waals surface area contributed by atoms with Gasteiger partial charge in [-0.05, 0) is 18.2 Å². The first-order valence-corrected chi connectivity index (χ1v) is 4.76. The van der Waals surface area contributed by atoms with Gasteiger partial charge in [0.25, 0.3) is 0 Å². The molecule has 0 saturated carbocycles. The van der Waals surface area contributed by atoms with E-state index >= 15 is 0 Å². The first-order chi connectivity index (χ1) is 7.83. The fourth-order valence-electron chi connectivity index (χ4n) is 1.38. The van der Waals surface area contributed by atoms with Crippen LogP contribution in [0, 0.1) is 6.33 Å². The van der Waals surface area contributed by atoms with E-state index in [9.17, 15) is 0 Å². The highest BCUT2D eigenvalue weighted by molar-refractivity contribution is 5.63. The van der Waals surface area contributed by atoms with Gasteiger partial charge >= 0.3 is 0 Å². The summed E-state index contributed by atoms with van der Waals surface area (Å²) in [4.78, 5) is 7.81. The van der Waals surface area contributed by atoms with Crippen LogP contribution in [-0.2, 0) is 0 Å². The van der Waals surface area contributed by atoms with Crippen molar-refractivity contribution >= 4 is 0 Å². The molecule has 0 saturated heterocycles. The minimum Gasteiger partial charge on any atom is -0.497 e. The Kier molecular flexibility index (Phi) is 3.00. The number of benzene rings is 1. The Hall–Kier alpha value is -2.10. The van der Waals surface area contributed by atoms with Gasteiger partial charge in [0.1, 0.15) is 11.5 Å². The minimum absolute atomic E-state index is 0.730. The van der Waals surface area contributed by atoms with E-state index in [-0.39, 0.29) is 0 Å². The Labute approximate surface area is 93.9 Å². The van der Waals surface area contributed by atoms with Crippen LogP contribution in [0.3, 0.4) is 0 Å². The monoisotopic (exact) mass is 215 g/mol. The van der Waals surface area contributed by atoms with Crippen molar-refractivity contribution in [3.05, 3.63) is 36.8 Å². The Morgan fingerprint density at radius 2 is 1.75 bits per heavy atom. The van der Waals surface area contributed by atoms with E-state index in [0.29, 0.717) is 0 Å². The molecule has 0 bridgehead atoms. The van der Waals surface area contributed by atoms with Crippen LogP contribution in [0.4, 0.5) is 0 Å². The van der Waals surface area contributed by atoms with Gasteiger partial charge in [0.2, 0.25) is 0 Å². The Morgan fingerprint density at radius 1 is 1.06 bits per heavy atom.